The fraction of sp³-hybridized carbons (Fsp3) is 0.200. The first kappa shape index (κ1) is 12.4. The minimum Gasteiger partial charge on any atom is -0.347 e. The molecule has 5 nitrogen and oxygen atoms in total. The van der Waals surface area contributed by atoms with Crippen LogP contribution in [0.5, 0.6) is 0 Å². The van der Waals surface area contributed by atoms with Crippen molar-refractivity contribution < 1.29 is 16.6 Å². The molecule has 0 atom stereocenters. The zero-order valence-electron chi connectivity index (χ0n) is 8.81. The van der Waals surface area contributed by atoms with Crippen molar-refractivity contribution in [2.24, 2.45) is 0 Å². The summed E-state index contributed by atoms with van der Waals surface area (Å²) in [6, 6.07) is 9.89. The number of rotatable bonds is 5. The van der Waals surface area contributed by atoms with Crippen LogP contribution in [0.3, 0.4) is 0 Å². The number of fused-ring (bicyclic) bond motifs is 1. The van der Waals surface area contributed by atoms with E-state index < -0.39 is 10.4 Å². The number of nitrogens with zero attached hydrogens (tertiary/aromatic N) is 1. The van der Waals surface area contributed by atoms with Crippen LogP contribution >= 0.6 is 12.0 Å². The third kappa shape index (κ3) is 3.47. The van der Waals surface area contributed by atoms with E-state index in [1.54, 1.807) is 0 Å². The quantitative estimate of drug-likeness (QED) is 0.513. The molecule has 92 valence electrons. The van der Waals surface area contributed by atoms with Gasteiger partial charge in [-0.2, -0.15) is 12.0 Å². The molecule has 1 heterocycles. The normalized spacial score (nSPS) is 12.1. The van der Waals surface area contributed by atoms with Gasteiger partial charge in [-0.1, -0.05) is 18.2 Å². The molecule has 0 spiro atoms. The molecule has 0 amide bonds. The maximum Gasteiger partial charge on any atom is 0.408 e. The molecule has 17 heavy (non-hydrogen) atoms. The van der Waals surface area contributed by atoms with Gasteiger partial charge in [0.2, 0.25) is 0 Å². The average Bonchev–Trinajstić information content (AvgIpc) is 2.67. The van der Waals surface area contributed by atoms with Crippen LogP contribution < -0.4 is 0 Å². The number of aryl methyl sites for hydroxylation is 1. The van der Waals surface area contributed by atoms with E-state index in [0.717, 1.165) is 10.9 Å². The lowest BCUT2D eigenvalue weighted by Gasteiger charge is -2.03. The maximum absolute atomic E-state index is 10.3. The van der Waals surface area contributed by atoms with Crippen LogP contribution in [-0.2, 0) is 20.6 Å². The number of benzene rings is 1. The van der Waals surface area contributed by atoms with Crippen molar-refractivity contribution in [2.45, 2.75) is 6.54 Å². The summed E-state index contributed by atoms with van der Waals surface area (Å²) in [6.45, 7) is 0.605. The van der Waals surface area contributed by atoms with Gasteiger partial charge in [0.1, 0.15) is 0 Å². The zero-order valence-corrected chi connectivity index (χ0v) is 10.4. The topological polar surface area (TPSA) is 68.5 Å². The highest BCUT2D eigenvalue weighted by atomic mass is 32.3. The van der Waals surface area contributed by atoms with Crippen molar-refractivity contribution >= 4 is 33.3 Å². The summed E-state index contributed by atoms with van der Waals surface area (Å²) in [5.74, 6) is 0.429. The van der Waals surface area contributed by atoms with E-state index in [0.29, 0.717) is 24.3 Å². The Morgan fingerprint density at radius 1 is 1.29 bits per heavy atom. The van der Waals surface area contributed by atoms with Gasteiger partial charge in [-0.05, 0) is 17.5 Å². The molecule has 1 N–H and O–H groups in total. The third-order valence-corrected chi connectivity index (χ3v) is 3.65. The lowest BCUT2D eigenvalue weighted by atomic mass is 10.2. The van der Waals surface area contributed by atoms with E-state index >= 15 is 0 Å². The lowest BCUT2D eigenvalue weighted by molar-refractivity contribution is 0.407. The summed E-state index contributed by atoms with van der Waals surface area (Å²) in [5, 5.41) is 1.13. The minimum atomic E-state index is -4.35. The predicted octanol–water partition coefficient (Wildman–Crippen LogP) is 2.11. The van der Waals surface area contributed by atoms with E-state index in [1.165, 1.54) is 0 Å². The van der Waals surface area contributed by atoms with E-state index in [-0.39, 0.29) is 0 Å². The van der Waals surface area contributed by atoms with Crippen LogP contribution in [0.25, 0.3) is 10.9 Å². The van der Waals surface area contributed by atoms with Crippen molar-refractivity contribution in [3.63, 3.8) is 0 Å². The van der Waals surface area contributed by atoms with Crippen LogP contribution in [0.15, 0.2) is 36.5 Å². The van der Waals surface area contributed by atoms with E-state index in [2.05, 4.69) is 3.63 Å². The summed E-state index contributed by atoms with van der Waals surface area (Å²) < 4.78 is 35.2. The first-order valence-corrected chi connectivity index (χ1v) is 7.16. The van der Waals surface area contributed by atoms with Crippen molar-refractivity contribution in [2.75, 3.05) is 5.75 Å². The third-order valence-electron chi connectivity index (χ3n) is 2.23. The van der Waals surface area contributed by atoms with E-state index in [1.807, 2.05) is 41.1 Å². The van der Waals surface area contributed by atoms with Crippen LogP contribution in [0.2, 0.25) is 0 Å². The molecule has 1 aromatic heterocycles. The fourth-order valence-corrected chi connectivity index (χ4v) is 2.60. The van der Waals surface area contributed by atoms with Crippen LogP contribution in [-0.4, -0.2) is 23.3 Å². The summed E-state index contributed by atoms with van der Waals surface area (Å²) in [5.41, 5.74) is 1.08. The van der Waals surface area contributed by atoms with Gasteiger partial charge in [0.25, 0.3) is 0 Å². The Morgan fingerprint density at radius 2 is 2.06 bits per heavy atom. The number of para-hydroxylation sites is 1. The molecule has 0 saturated carbocycles. The smallest absolute Gasteiger partial charge is 0.347 e. The van der Waals surface area contributed by atoms with Gasteiger partial charge in [-0.15, -0.1) is 0 Å². The van der Waals surface area contributed by atoms with Gasteiger partial charge in [-0.25, -0.2) is 0 Å². The number of hydrogen-bond acceptors (Lipinski definition) is 4. The van der Waals surface area contributed by atoms with Crippen molar-refractivity contribution in [3.8, 4) is 0 Å². The molecular weight excluding hydrogens is 262 g/mol. The largest absolute Gasteiger partial charge is 0.408 e. The average molecular weight is 273 g/mol. The first-order chi connectivity index (χ1) is 8.06. The Morgan fingerprint density at radius 3 is 2.82 bits per heavy atom. The van der Waals surface area contributed by atoms with E-state index in [4.69, 9.17) is 4.55 Å². The van der Waals surface area contributed by atoms with Crippen LogP contribution in [0.4, 0.5) is 0 Å². The molecule has 0 fully saturated rings. The summed E-state index contributed by atoms with van der Waals surface area (Å²) in [4.78, 5) is 0. The highest BCUT2D eigenvalue weighted by molar-refractivity contribution is 8.02. The van der Waals surface area contributed by atoms with Gasteiger partial charge < -0.3 is 4.57 Å². The molecule has 0 radical (unpaired) electrons. The van der Waals surface area contributed by atoms with Gasteiger partial charge in [0.05, 0.1) is 0 Å². The highest BCUT2D eigenvalue weighted by Crippen LogP contribution is 2.16. The fourth-order valence-electron chi connectivity index (χ4n) is 1.57. The molecule has 1 aromatic carbocycles. The minimum absolute atomic E-state index is 0.429. The Bertz CT molecular complexity index is 606. The molecular formula is C10H11NO4S2. The Hall–Kier alpha value is -1.02. The second kappa shape index (κ2) is 5.09. The molecule has 0 unspecified atom stereocenters. The molecule has 0 aliphatic heterocycles. The standard InChI is InChI=1S/C10H11NO4S2/c12-17(13,14)15-16-8-7-11-6-5-9-3-1-2-4-10(9)11/h1-6H,7-8H2,(H,12,13,14). The molecule has 0 aliphatic carbocycles. The molecule has 7 heteroatoms. The van der Waals surface area contributed by atoms with Gasteiger partial charge in [0.15, 0.2) is 0 Å². The van der Waals surface area contributed by atoms with Crippen molar-refractivity contribution in [3.05, 3.63) is 36.5 Å². The first-order valence-electron chi connectivity index (χ1n) is 4.89. The van der Waals surface area contributed by atoms with Crippen LogP contribution in [0.1, 0.15) is 0 Å². The highest BCUT2D eigenvalue weighted by Gasteiger charge is 2.05. The summed E-state index contributed by atoms with van der Waals surface area (Å²) in [6.07, 6.45) is 1.93. The van der Waals surface area contributed by atoms with Gasteiger partial charge >= 0.3 is 10.4 Å². The summed E-state index contributed by atoms with van der Waals surface area (Å²) >= 11 is 0.708. The predicted molar refractivity (Wildman–Crippen MR) is 67.0 cm³/mol. The molecule has 2 rings (SSSR count). The number of hydrogen-bond donors (Lipinski definition) is 1. The molecule has 2 aromatic rings. The molecule has 0 saturated heterocycles. The number of aromatic nitrogens is 1. The molecule has 0 aliphatic rings. The van der Waals surface area contributed by atoms with E-state index in [9.17, 15) is 8.42 Å². The maximum atomic E-state index is 10.3. The summed E-state index contributed by atoms with van der Waals surface area (Å²) in [7, 11) is -4.35. The second-order valence-corrected chi connectivity index (χ2v) is 5.43. The Labute approximate surface area is 104 Å². The monoisotopic (exact) mass is 273 g/mol. The Balaban J connectivity index is 1.96. The SMILES string of the molecule is O=S(=O)(O)OSCCn1ccc2ccccc21. The molecule has 0 bridgehead atoms. The second-order valence-electron chi connectivity index (χ2n) is 3.39. The van der Waals surface area contributed by atoms with Gasteiger partial charge in [-0.3, -0.25) is 4.55 Å². The van der Waals surface area contributed by atoms with Crippen molar-refractivity contribution in [1.29, 1.82) is 0 Å². The van der Waals surface area contributed by atoms with Crippen molar-refractivity contribution in [1.82, 2.24) is 4.57 Å². The zero-order chi connectivity index (χ0) is 12.3. The Kier molecular flexibility index (Phi) is 3.72. The van der Waals surface area contributed by atoms with Crippen LogP contribution in [0, 0.1) is 0 Å². The van der Waals surface area contributed by atoms with Gasteiger partial charge in [0, 0.05) is 36.1 Å². The lowest BCUT2D eigenvalue weighted by Crippen LogP contribution is -2.02.